The van der Waals surface area contributed by atoms with Crippen LogP contribution in [0.15, 0.2) is 53.0 Å². The molecule has 2 aromatic carbocycles. The number of methoxy groups -OCH3 is 2. The van der Waals surface area contributed by atoms with Crippen LogP contribution in [0.5, 0.6) is 11.5 Å². The van der Waals surface area contributed by atoms with Gasteiger partial charge in [0.05, 0.1) is 19.9 Å². The second-order valence-corrected chi connectivity index (χ2v) is 7.82. The van der Waals surface area contributed by atoms with E-state index in [2.05, 4.69) is 15.6 Å². The highest BCUT2D eigenvalue weighted by molar-refractivity contribution is 6.20. The first-order valence-corrected chi connectivity index (χ1v) is 10.7. The van der Waals surface area contributed by atoms with Gasteiger partial charge in [-0.15, -0.1) is 0 Å². The number of amidine groups is 1. The van der Waals surface area contributed by atoms with E-state index in [-0.39, 0.29) is 23.1 Å². The second-order valence-electron chi connectivity index (χ2n) is 7.82. The molecule has 8 nitrogen and oxygen atoms in total. The number of benzene rings is 2. The molecule has 1 saturated carbocycles. The highest BCUT2D eigenvalue weighted by Crippen LogP contribution is 2.32. The zero-order valence-electron chi connectivity index (χ0n) is 18.5. The normalized spacial score (nSPS) is 16.3. The molecule has 2 aromatic rings. The average Bonchev–Trinajstić information content (AvgIpc) is 3.47. The molecule has 4 rings (SSSR count). The van der Waals surface area contributed by atoms with Gasteiger partial charge in [-0.25, -0.2) is 4.99 Å². The standard InChI is InChI=1S/C25H24N4O4/c1-32-20-12-11-15(13-21(20)33-2)24(30)29-23-18-10-6-5-9-17(18)22(28-23)19(14-26)25(31)27-16-7-3-4-8-16/h5-6,9-13,16H,3-4,7-8H2,1-2H3,(H,27,31)(H,28,29,30)/b22-19-. The molecule has 1 fully saturated rings. The van der Waals surface area contributed by atoms with Gasteiger partial charge in [-0.05, 0) is 31.0 Å². The number of rotatable bonds is 5. The molecule has 0 unspecified atom stereocenters. The molecule has 1 aliphatic heterocycles. The number of nitriles is 1. The molecule has 0 bridgehead atoms. The van der Waals surface area contributed by atoms with E-state index in [4.69, 9.17) is 9.47 Å². The molecule has 0 saturated heterocycles. The third-order valence-corrected chi connectivity index (χ3v) is 5.80. The van der Waals surface area contributed by atoms with Crippen LogP contribution in [0.2, 0.25) is 0 Å². The Labute approximate surface area is 191 Å². The van der Waals surface area contributed by atoms with Gasteiger partial charge < -0.3 is 20.1 Å². The van der Waals surface area contributed by atoms with Crippen LogP contribution in [0, 0.1) is 11.3 Å². The predicted octanol–water partition coefficient (Wildman–Crippen LogP) is 3.19. The summed E-state index contributed by atoms with van der Waals surface area (Å²) in [5, 5.41) is 15.5. The van der Waals surface area contributed by atoms with Gasteiger partial charge in [0, 0.05) is 22.7 Å². The topological polar surface area (TPSA) is 113 Å². The number of carbonyl (C=O) groups is 2. The van der Waals surface area contributed by atoms with Crippen LogP contribution < -0.4 is 20.1 Å². The fraction of sp³-hybridized carbons (Fsp3) is 0.280. The molecule has 168 valence electrons. The molecule has 8 heteroatoms. The maximum atomic E-state index is 12.9. The van der Waals surface area contributed by atoms with Crippen molar-refractivity contribution in [2.24, 2.45) is 4.99 Å². The van der Waals surface area contributed by atoms with E-state index >= 15 is 0 Å². The lowest BCUT2D eigenvalue weighted by atomic mass is 10.0. The summed E-state index contributed by atoms with van der Waals surface area (Å²) < 4.78 is 10.5. The smallest absolute Gasteiger partial charge is 0.264 e. The van der Waals surface area contributed by atoms with Crippen LogP contribution in [0.3, 0.4) is 0 Å². The van der Waals surface area contributed by atoms with Crippen molar-refractivity contribution in [2.45, 2.75) is 31.7 Å². The summed E-state index contributed by atoms with van der Waals surface area (Å²) in [4.78, 5) is 30.3. The highest BCUT2D eigenvalue weighted by atomic mass is 16.5. The van der Waals surface area contributed by atoms with Gasteiger partial charge in [0.15, 0.2) is 11.5 Å². The Kier molecular flexibility index (Phi) is 6.41. The summed E-state index contributed by atoms with van der Waals surface area (Å²) in [5.41, 5.74) is 1.81. The van der Waals surface area contributed by atoms with Gasteiger partial charge >= 0.3 is 0 Å². The van der Waals surface area contributed by atoms with E-state index < -0.39 is 11.8 Å². The maximum absolute atomic E-state index is 12.9. The summed E-state index contributed by atoms with van der Waals surface area (Å²) in [6.45, 7) is 0. The molecule has 0 aromatic heterocycles. The first-order valence-electron chi connectivity index (χ1n) is 10.7. The molecule has 1 heterocycles. The average molecular weight is 444 g/mol. The number of hydrogen-bond donors (Lipinski definition) is 2. The molecule has 33 heavy (non-hydrogen) atoms. The van der Waals surface area contributed by atoms with Crippen molar-refractivity contribution < 1.29 is 19.1 Å². The summed E-state index contributed by atoms with van der Waals surface area (Å²) >= 11 is 0. The van der Waals surface area contributed by atoms with Crippen molar-refractivity contribution in [3.05, 3.63) is 64.7 Å². The molecule has 2 amide bonds. The lowest BCUT2D eigenvalue weighted by Gasteiger charge is -2.11. The van der Waals surface area contributed by atoms with Crippen molar-refractivity contribution in [3.63, 3.8) is 0 Å². The fourth-order valence-corrected chi connectivity index (χ4v) is 4.11. The van der Waals surface area contributed by atoms with Gasteiger partial charge in [-0.3, -0.25) is 9.59 Å². The van der Waals surface area contributed by atoms with Crippen molar-refractivity contribution in [3.8, 4) is 17.6 Å². The van der Waals surface area contributed by atoms with Crippen molar-refractivity contribution in [1.82, 2.24) is 10.6 Å². The molecule has 0 spiro atoms. The van der Waals surface area contributed by atoms with Crippen LogP contribution in [-0.2, 0) is 4.79 Å². The van der Waals surface area contributed by atoms with E-state index in [9.17, 15) is 14.9 Å². The number of amides is 2. The van der Waals surface area contributed by atoms with Crippen molar-refractivity contribution in [1.29, 1.82) is 5.26 Å². The number of nitrogens with zero attached hydrogens (tertiary/aromatic N) is 2. The molecule has 0 radical (unpaired) electrons. The molecule has 0 atom stereocenters. The van der Waals surface area contributed by atoms with Gasteiger partial charge in [-0.2, -0.15) is 5.26 Å². The number of fused-ring (bicyclic) bond motifs is 1. The molecular formula is C25H24N4O4. The van der Waals surface area contributed by atoms with Crippen molar-refractivity contribution >= 4 is 23.3 Å². The monoisotopic (exact) mass is 444 g/mol. The Morgan fingerprint density at radius 2 is 1.73 bits per heavy atom. The van der Waals surface area contributed by atoms with Gasteiger partial charge in [0.2, 0.25) is 0 Å². The van der Waals surface area contributed by atoms with Gasteiger partial charge in [0.25, 0.3) is 11.8 Å². The van der Waals surface area contributed by atoms with E-state index in [1.165, 1.54) is 14.2 Å². The minimum atomic E-state index is -0.439. The zero-order valence-corrected chi connectivity index (χ0v) is 18.5. The van der Waals surface area contributed by atoms with Crippen LogP contribution in [0.25, 0.3) is 5.70 Å². The number of nitrogens with one attached hydrogen (secondary N) is 2. The fourth-order valence-electron chi connectivity index (χ4n) is 4.11. The van der Waals surface area contributed by atoms with Crippen LogP contribution in [-0.4, -0.2) is 37.9 Å². The third kappa shape index (κ3) is 4.44. The highest BCUT2D eigenvalue weighted by Gasteiger charge is 2.28. The van der Waals surface area contributed by atoms with Crippen LogP contribution in [0.4, 0.5) is 0 Å². The molecule has 1 aliphatic carbocycles. The summed E-state index contributed by atoms with van der Waals surface area (Å²) in [6.07, 6.45) is 3.95. The minimum absolute atomic E-state index is 0.0651. The van der Waals surface area contributed by atoms with Gasteiger partial charge in [-0.1, -0.05) is 37.1 Å². The van der Waals surface area contributed by atoms with E-state index in [1.54, 1.807) is 36.4 Å². The Hall–Kier alpha value is -4.12. The Balaban J connectivity index is 1.65. The lowest BCUT2D eigenvalue weighted by Crippen LogP contribution is -2.33. The Morgan fingerprint density at radius 1 is 1.03 bits per heavy atom. The summed E-state index contributed by atoms with van der Waals surface area (Å²) in [7, 11) is 3.01. The van der Waals surface area contributed by atoms with E-state index in [0.717, 1.165) is 25.7 Å². The Bertz CT molecular complexity index is 1200. The molecule has 2 aliphatic rings. The number of carbonyl (C=O) groups excluding carboxylic acids is 2. The van der Waals surface area contributed by atoms with Gasteiger partial charge in [0.1, 0.15) is 17.5 Å². The summed E-state index contributed by atoms with van der Waals surface area (Å²) in [5.74, 6) is 0.372. The quantitative estimate of drug-likeness (QED) is 0.543. The lowest BCUT2D eigenvalue weighted by molar-refractivity contribution is -0.117. The number of hydrogen-bond acceptors (Lipinski definition) is 6. The second kappa shape index (κ2) is 9.57. The van der Waals surface area contributed by atoms with Crippen LogP contribution in [0.1, 0.15) is 47.2 Å². The molecule has 2 N–H and O–H groups in total. The Morgan fingerprint density at radius 3 is 2.39 bits per heavy atom. The minimum Gasteiger partial charge on any atom is -0.493 e. The van der Waals surface area contributed by atoms with Crippen LogP contribution >= 0.6 is 0 Å². The maximum Gasteiger partial charge on any atom is 0.264 e. The molecular weight excluding hydrogens is 420 g/mol. The van der Waals surface area contributed by atoms with E-state index in [0.29, 0.717) is 28.2 Å². The van der Waals surface area contributed by atoms with Crippen molar-refractivity contribution in [2.75, 3.05) is 14.2 Å². The number of aliphatic imine (C=N–C) groups is 1. The largest absolute Gasteiger partial charge is 0.493 e. The summed E-state index contributed by atoms with van der Waals surface area (Å²) in [6, 6.07) is 14.1. The third-order valence-electron chi connectivity index (χ3n) is 5.80. The van der Waals surface area contributed by atoms with E-state index in [1.807, 2.05) is 12.1 Å². The number of ether oxygens (including phenoxy) is 2. The zero-order chi connectivity index (χ0) is 23.4. The SMILES string of the molecule is COc1ccc(C(=O)NC2=N/C(=C(/C#N)C(=O)NC3CCCC3)c3ccccc32)cc1OC. The first-order chi connectivity index (χ1) is 16.0. The predicted molar refractivity (Wildman–Crippen MR) is 123 cm³/mol. The first kappa shape index (κ1) is 22.1.